The highest BCUT2D eigenvalue weighted by molar-refractivity contribution is 7.98. The second-order valence-electron chi connectivity index (χ2n) is 10.0. The Labute approximate surface area is 247 Å². The van der Waals surface area contributed by atoms with E-state index in [1.165, 1.54) is 17.7 Å². The van der Waals surface area contributed by atoms with Gasteiger partial charge in [0.1, 0.15) is 19.5 Å². The van der Waals surface area contributed by atoms with Gasteiger partial charge in [-0.2, -0.15) is 0 Å². The monoisotopic (exact) mass is 607 g/mol. The molecule has 0 saturated carbocycles. The first-order valence-corrected chi connectivity index (χ1v) is 16.3. The first-order chi connectivity index (χ1) is 19.6. The van der Waals surface area contributed by atoms with E-state index in [9.17, 15) is 8.42 Å². The topological polar surface area (TPSA) is 116 Å². The molecule has 0 fully saturated rings. The third kappa shape index (κ3) is 6.77. The van der Waals surface area contributed by atoms with Crippen molar-refractivity contribution in [3.05, 3.63) is 78.9 Å². The molecule has 9 nitrogen and oxygen atoms in total. The van der Waals surface area contributed by atoms with Crippen LogP contribution in [0.5, 0.6) is 11.9 Å². The molecular weight excluding hydrogens is 579 g/mol. The Morgan fingerprint density at radius 1 is 0.927 bits per heavy atom. The maximum Gasteiger partial charge on any atom is 0.316 e. The Balaban J connectivity index is 1.43. The summed E-state index contributed by atoms with van der Waals surface area (Å²) < 4.78 is 42.2. The van der Waals surface area contributed by atoms with Crippen LogP contribution in [0.1, 0.15) is 26.3 Å². The SMILES string of the molecule is CSc1cnc(OCCOc2ncnc(NS(=O)(=O)c3ccc(C(C)(C)C)cc3)c2-c2cc3ccccc3s2)nc1. The molecule has 5 aromatic rings. The van der Waals surface area contributed by atoms with Gasteiger partial charge in [0.15, 0.2) is 5.82 Å². The first-order valence-electron chi connectivity index (χ1n) is 12.7. The highest BCUT2D eigenvalue weighted by Crippen LogP contribution is 2.41. The number of ether oxygens (including phenoxy) is 2. The average Bonchev–Trinajstić information content (AvgIpc) is 3.39. The van der Waals surface area contributed by atoms with E-state index in [2.05, 4.69) is 45.4 Å². The summed E-state index contributed by atoms with van der Waals surface area (Å²) in [6.45, 7) is 6.52. The summed E-state index contributed by atoms with van der Waals surface area (Å²) in [5.41, 5.74) is 1.38. The van der Waals surface area contributed by atoms with E-state index in [0.29, 0.717) is 5.56 Å². The molecule has 0 unspecified atom stereocenters. The minimum absolute atomic E-state index is 0.100. The number of sulfonamides is 1. The number of anilines is 1. The second kappa shape index (κ2) is 12.0. The summed E-state index contributed by atoms with van der Waals surface area (Å²) in [6, 6.07) is 17.0. The molecule has 0 radical (unpaired) electrons. The molecule has 212 valence electrons. The third-order valence-electron chi connectivity index (χ3n) is 6.14. The van der Waals surface area contributed by atoms with Crippen molar-refractivity contribution in [3.8, 4) is 22.3 Å². The maximum atomic E-state index is 13.4. The molecule has 0 aliphatic heterocycles. The fourth-order valence-corrected chi connectivity index (χ4v) is 6.40. The maximum absolute atomic E-state index is 13.4. The lowest BCUT2D eigenvalue weighted by Crippen LogP contribution is -2.17. The lowest BCUT2D eigenvalue weighted by molar-refractivity contribution is 0.201. The number of nitrogens with zero attached hydrogens (tertiary/aromatic N) is 4. The smallest absolute Gasteiger partial charge is 0.316 e. The molecule has 2 aromatic carbocycles. The van der Waals surface area contributed by atoms with Crippen LogP contribution in [-0.2, 0) is 15.4 Å². The molecule has 0 saturated heterocycles. The van der Waals surface area contributed by atoms with Gasteiger partial charge in [0.2, 0.25) is 5.88 Å². The zero-order valence-corrected chi connectivity index (χ0v) is 25.4. The third-order valence-corrected chi connectivity index (χ3v) is 9.31. The number of benzene rings is 2. The van der Waals surface area contributed by atoms with Crippen molar-refractivity contribution in [1.82, 2.24) is 19.9 Å². The van der Waals surface area contributed by atoms with Crippen LogP contribution in [0, 0.1) is 0 Å². The van der Waals surface area contributed by atoms with Crippen LogP contribution in [0.15, 0.2) is 83.1 Å². The molecule has 5 rings (SSSR count). The average molecular weight is 608 g/mol. The predicted octanol–water partition coefficient (Wildman–Crippen LogP) is 6.43. The van der Waals surface area contributed by atoms with Crippen LogP contribution in [-0.4, -0.2) is 47.8 Å². The van der Waals surface area contributed by atoms with Gasteiger partial charge in [-0.15, -0.1) is 23.1 Å². The molecule has 1 N–H and O–H groups in total. The Morgan fingerprint density at radius 2 is 1.63 bits per heavy atom. The first kappa shape index (κ1) is 28.8. The van der Waals surface area contributed by atoms with Crippen LogP contribution in [0.4, 0.5) is 5.82 Å². The summed E-state index contributed by atoms with van der Waals surface area (Å²) in [4.78, 5) is 18.8. The molecule has 0 atom stereocenters. The summed E-state index contributed by atoms with van der Waals surface area (Å²) in [7, 11) is -3.95. The molecule has 3 aromatic heterocycles. The number of hydrogen-bond acceptors (Lipinski definition) is 10. The fraction of sp³-hybridized carbons (Fsp3) is 0.241. The van der Waals surface area contributed by atoms with E-state index in [1.807, 2.05) is 48.7 Å². The van der Waals surface area contributed by atoms with Crippen molar-refractivity contribution in [2.24, 2.45) is 0 Å². The largest absolute Gasteiger partial charge is 0.473 e. The molecule has 0 bridgehead atoms. The fourth-order valence-electron chi connectivity index (χ4n) is 3.96. The predicted molar refractivity (Wildman–Crippen MR) is 164 cm³/mol. The number of thioether (sulfide) groups is 1. The molecule has 0 spiro atoms. The summed E-state index contributed by atoms with van der Waals surface area (Å²) >= 11 is 3.04. The van der Waals surface area contributed by atoms with Crippen molar-refractivity contribution in [2.75, 3.05) is 24.2 Å². The lowest BCUT2D eigenvalue weighted by Gasteiger charge is -2.19. The molecule has 12 heteroatoms. The summed E-state index contributed by atoms with van der Waals surface area (Å²) in [5.74, 6) is 0.355. The molecule has 0 aliphatic rings. The number of fused-ring (bicyclic) bond motifs is 1. The number of nitrogens with one attached hydrogen (secondary N) is 1. The number of thiophene rings is 1. The van der Waals surface area contributed by atoms with E-state index in [-0.39, 0.29) is 41.2 Å². The van der Waals surface area contributed by atoms with Crippen LogP contribution >= 0.6 is 23.1 Å². The molecule has 0 amide bonds. The Morgan fingerprint density at radius 3 is 2.32 bits per heavy atom. The van der Waals surface area contributed by atoms with Crippen molar-refractivity contribution in [3.63, 3.8) is 0 Å². The zero-order chi connectivity index (χ0) is 29.0. The second-order valence-corrected chi connectivity index (χ2v) is 13.7. The summed E-state index contributed by atoms with van der Waals surface area (Å²) in [6.07, 6.45) is 6.59. The quantitative estimate of drug-likeness (QED) is 0.142. The van der Waals surface area contributed by atoms with Gasteiger partial charge in [0, 0.05) is 26.9 Å². The number of hydrogen-bond donors (Lipinski definition) is 1. The van der Waals surface area contributed by atoms with Crippen LogP contribution in [0.25, 0.3) is 20.5 Å². The Bertz CT molecular complexity index is 1720. The van der Waals surface area contributed by atoms with E-state index < -0.39 is 10.0 Å². The standard InChI is InChI=1S/C29H29N5O4S3/c1-29(2,3)20-9-11-22(12-10-20)41(35,36)34-26-25(24-15-19-7-5-6-8-23(19)40-24)27(33-18-32-26)37-13-14-38-28-30-16-21(39-4)17-31-28/h5-12,15-18H,13-14H2,1-4H3,(H,32,33,34). The van der Waals surface area contributed by atoms with Crippen LogP contribution < -0.4 is 14.2 Å². The molecule has 41 heavy (non-hydrogen) atoms. The summed E-state index contributed by atoms with van der Waals surface area (Å²) in [5, 5.41) is 1.02. The molecule has 0 aliphatic carbocycles. The number of rotatable bonds is 10. The van der Waals surface area contributed by atoms with Gasteiger partial charge in [-0.1, -0.05) is 51.1 Å². The van der Waals surface area contributed by atoms with E-state index in [4.69, 9.17) is 9.47 Å². The van der Waals surface area contributed by atoms with E-state index in [1.54, 1.807) is 36.3 Å². The lowest BCUT2D eigenvalue weighted by atomic mass is 9.87. The Kier molecular flexibility index (Phi) is 8.43. The highest BCUT2D eigenvalue weighted by atomic mass is 32.2. The van der Waals surface area contributed by atoms with Gasteiger partial charge < -0.3 is 9.47 Å². The van der Waals surface area contributed by atoms with E-state index in [0.717, 1.165) is 25.4 Å². The van der Waals surface area contributed by atoms with Crippen molar-refractivity contribution >= 4 is 49.0 Å². The van der Waals surface area contributed by atoms with Crippen molar-refractivity contribution in [2.45, 2.75) is 36.0 Å². The minimum Gasteiger partial charge on any atom is -0.473 e. The Hall–Kier alpha value is -3.74. The van der Waals surface area contributed by atoms with Gasteiger partial charge in [-0.05, 0) is 46.9 Å². The van der Waals surface area contributed by atoms with Gasteiger partial charge in [0.25, 0.3) is 10.0 Å². The van der Waals surface area contributed by atoms with Gasteiger partial charge in [-0.3, -0.25) is 4.72 Å². The van der Waals surface area contributed by atoms with Gasteiger partial charge >= 0.3 is 6.01 Å². The van der Waals surface area contributed by atoms with Crippen molar-refractivity contribution < 1.29 is 17.9 Å². The minimum atomic E-state index is -3.95. The van der Waals surface area contributed by atoms with Gasteiger partial charge in [-0.25, -0.2) is 28.4 Å². The van der Waals surface area contributed by atoms with Crippen LogP contribution in [0.3, 0.4) is 0 Å². The number of aromatic nitrogens is 4. The normalized spacial score (nSPS) is 11.9. The van der Waals surface area contributed by atoms with Crippen molar-refractivity contribution in [1.29, 1.82) is 0 Å². The zero-order valence-electron chi connectivity index (χ0n) is 23.0. The molecular formula is C29H29N5O4S3. The van der Waals surface area contributed by atoms with E-state index >= 15 is 0 Å². The highest BCUT2D eigenvalue weighted by Gasteiger charge is 2.24. The van der Waals surface area contributed by atoms with Crippen LogP contribution in [0.2, 0.25) is 0 Å². The molecule has 3 heterocycles. The van der Waals surface area contributed by atoms with Gasteiger partial charge in [0.05, 0.1) is 10.5 Å².